The first-order chi connectivity index (χ1) is 13.5. The van der Waals surface area contributed by atoms with E-state index < -0.39 is 11.4 Å². The molecule has 1 aromatic heterocycles. The van der Waals surface area contributed by atoms with Crippen LogP contribution in [-0.2, 0) is 0 Å². The highest BCUT2D eigenvalue weighted by Crippen LogP contribution is 2.23. The molecule has 1 unspecified atom stereocenters. The van der Waals surface area contributed by atoms with Gasteiger partial charge in [-0.3, -0.25) is 9.59 Å². The minimum absolute atomic E-state index is 0.0908. The van der Waals surface area contributed by atoms with Crippen LogP contribution in [0, 0.1) is 12.7 Å². The lowest BCUT2D eigenvalue weighted by Gasteiger charge is -2.21. The summed E-state index contributed by atoms with van der Waals surface area (Å²) in [6, 6.07) is 13.9. The molecule has 0 bridgehead atoms. The summed E-state index contributed by atoms with van der Waals surface area (Å²) in [5.74, 6) is -0.978. The summed E-state index contributed by atoms with van der Waals surface area (Å²) >= 11 is 0. The van der Waals surface area contributed by atoms with Crippen molar-refractivity contribution < 1.29 is 9.18 Å². The van der Waals surface area contributed by atoms with Crippen LogP contribution in [0.3, 0.4) is 0 Å². The van der Waals surface area contributed by atoms with E-state index in [4.69, 9.17) is 0 Å². The Morgan fingerprint density at radius 3 is 2.46 bits per heavy atom. The van der Waals surface area contributed by atoms with Gasteiger partial charge in [-0.1, -0.05) is 49.4 Å². The molecule has 5 nitrogen and oxygen atoms in total. The zero-order valence-electron chi connectivity index (χ0n) is 16.3. The van der Waals surface area contributed by atoms with E-state index in [9.17, 15) is 14.0 Å². The first-order valence-corrected chi connectivity index (χ1v) is 9.43. The van der Waals surface area contributed by atoms with Gasteiger partial charge >= 0.3 is 0 Å². The maximum absolute atomic E-state index is 14.5. The number of nitrogens with zero attached hydrogens (tertiary/aromatic N) is 1. The van der Waals surface area contributed by atoms with Gasteiger partial charge in [0.05, 0.1) is 22.7 Å². The Balaban J connectivity index is 2.15. The van der Waals surface area contributed by atoms with E-state index in [1.807, 2.05) is 44.2 Å². The lowest BCUT2D eigenvalue weighted by Crippen LogP contribution is -2.36. The number of aromatic nitrogens is 1. The van der Waals surface area contributed by atoms with Gasteiger partial charge < -0.3 is 10.7 Å². The average Bonchev–Trinajstić information content (AvgIpc) is 2.70. The first kappa shape index (κ1) is 19.6. The van der Waals surface area contributed by atoms with Crippen molar-refractivity contribution in [2.45, 2.75) is 33.2 Å². The second kappa shape index (κ2) is 8.25. The lowest BCUT2D eigenvalue weighted by molar-refractivity contribution is 0.0936. The number of benzene rings is 2. The Bertz CT molecular complexity index is 1060. The SMILES string of the molecule is CCNn1c(C)c(C(=O)NC(CC)c2ccccc2)c2cccc(F)c2c1=O. The minimum atomic E-state index is -0.640. The number of rotatable bonds is 6. The van der Waals surface area contributed by atoms with E-state index >= 15 is 0 Å². The van der Waals surface area contributed by atoms with E-state index in [0.717, 1.165) is 5.56 Å². The van der Waals surface area contributed by atoms with Gasteiger partial charge in [0, 0.05) is 11.9 Å². The van der Waals surface area contributed by atoms with Crippen LogP contribution in [0.5, 0.6) is 0 Å². The number of carbonyl (C=O) groups excluding carboxylic acids is 1. The molecule has 1 atom stereocenters. The predicted molar refractivity (Wildman–Crippen MR) is 110 cm³/mol. The molecule has 6 heteroatoms. The Kier molecular flexibility index (Phi) is 5.78. The van der Waals surface area contributed by atoms with Gasteiger partial charge in [-0.2, -0.15) is 0 Å². The van der Waals surface area contributed by atoms with Crippen molar-refractivity contribution in [1.82, 2.24) is 9.99 Å². The molecule has 1 amide bonds. The maximum Gasteiger partial charge on any atom is 0.279 e. The van der Waals surface area contributed by atoms with Crippen LogP contribution < -0.4 is 16.3 Å². The van der Waals surface area contributed by atoms with Crippen LogP contribution in [0.15, 0.2) is 53.3 Å². The van der Waals surface area contributed by atoms with Crippen LogP contribution in [0.1, 0.15) is 47.9 Å². The standard InChI is InChI=1S/C22H24FN3O2/c1-4-18(15-10-7-6-8-11-15)25-21(27)19-14(3)26(24-5-2)22(28)20-16(19)12-9-13-17(20)23/h6-13,18,24H,4-5H2,1-3H3,(H,25,27). The van der Waals surface area contributed by atoms with Gasteiger partial charge in [-0.15, -0.1) is 0 Å². The molecule has 3 aromatic rings. The number of fused-ring (bicyclic) bond motifs is 1. The zero-order valence-corrected chi connectivity index (χ0v) is 16.3. The molecular formula is C22H24FN3O2. The Morgan fingerprint density at radius 2 is 1.82 bits per heavy atom. The number of halogens is 1. The predicted octanol–water partition coefficient (Wildman–Crippen LogP) is 3.89. The van der Waals surface area contributed by atoms with Crippen LogP contribution in [0.4, 0.5) is 4.39 Å². The van der Waals surface area contributed by atoms with Gasteiger partial charge in [0.1, 0.15) is 5.82 Å². The number of nitrogens with one attached hydrogen (secondary N) is 2. The summed E-state index contributed by atoms with van der Waals surface area (Å²) < 4.78 is 15.7. The smallest absolute Gasteiger partial charge is 0.279 e. The van der Waals surface area contributed by atoms with E-state index in [2.05, 4.69) is 10.7 Å². The molecular weight excluding hydrogens is 357 g/mol. The van der Waals surface area contributed by atoms with Crippen molar-refractivity contribution in [1.29, 1.82) is 0 Å². The highest BCUT2D eigenvalue weighted by molar-refractivity contribution is 6.08. The van der Waals surface area contributed by atoms with Gasteiger partial charge in [0.2, 0.25) is 0 Å². The summed E-state index contributed by atoms with van der Waals surface area (Å²) in [6.07, 6.45) is 0.702. The topological polar surface area (TPSA) is 63.1 Å². The molecule has 28 heavy (non-hydrogen) atoms. The fourth-order valence-corrected chi connectivity index (χ4v) is 3.49. The lowest BCUT2D eigenvalue weighted by atomic mass is 10.0. The van der Waals surface area contributed by atoms with Gasteiger partial charge in [0.25, 0.3) is 11.5 Å². The molecule has 0 aliphatic carbocycles. The van der Waals surface area contributed by atoms with Crippen molar-refractivity contribution in [2.24, 2.45) is 0 Å². The van der Waals surface area contributed by atoms with E-state index in [0.29, 0.717) is 29.6 Å². The normalized spacial score (nSPS) is 12.0. The summed E-state index contributed by atoms with van der Waals surface area (Å²) in [7, 11) is 0. The van der Waals surface area contributed by atoms with Crippen LogP contribution in [-0.4, -0.2) is 17.1 Å². The number of carbonyl (C=O) groups is 1. The van der Waals surface area contributed by atoms with Crippen LogP contribution >= 0.6 is 0 Å². The molecule has 0 fully saturated rings. The molecule has 0 aliphatic heterocycles. The Morgan fingerprint density at radius 1 is 1.11 bits per heavy atom. The highest BCUT2D eigenvalue weighted by Gasteiger charge is 2.23. The Hall–Kier alpha value is -3.15. The summed E-state index contributed by atoms with van der Waals surface area (Å²) in [5, 5.41) is 3.26. The molecule has 2 aromatic carbocycles. The fraction of sp³-hybridized carbons (Fsp3) is 0.273. The monoisotopic (exact) mass is 381 g/mol. The third kappa shape index (κ3) is 3.50. The highest BCUT2D eigenvalue weighted by atomic mass is 19.1. The fourth-order valence-electron chi connectivity index (χ4n) is 3.49. The van der Waals surface area contributed by atoms with Gasteiger partial charge in [0.15, 0.2) is 0 Å². The third-order valence-electron chi connectivity index (χ3n) is 4.86. The second-order valence-electron chi connectivity index (χ2n) is 6.62. The number of hydrogen-bond donors (Lipinski definition) is 2. The van der Waals surface area contributed by atoms with Gasteiger partial charge in [-0.05, 0) is 31.9 Å². The Labute approximate surface area is 163 Å². The molecule has 0 spiro atoms. The number of amides is 1. The van der Waals surface area contributed by atoms with E-state index in [1.54, 1.807) is 13.0 Å². The zero-order chi connectivity index (χ0) is 20.3. The summed E-state index contributed by atoms with van der Waals surface area (Å²) in [5.41, 5.74) is 4.15. The molecule has 146 valence electrons. The van der Waals surface area contributed by atoms with Crippen molar-refractivity contribution in [3.05, 3.63) is 81.5 Å². The number of hydrogen-bond acceptors (Lipinski definition) is 3. The first-order valence-electron chi connectivity index (χ1n) is 9.43. The molecule has 1 heterocycles. The minimum Gasteiger partial charge on any atom is -0.345 e. The number of pyridine rings is 1. The summed E-state index contributed by atoms with van der Waals surface area (Å²) in [4.78, 5) is 26.0. The molecule has 0 radical (unpaired) electrons. The van der Waals surface area contributed by atoms with Crippen molar-refractivity contribution in [3.8, 4) is 0 Å². The third-order valence-corrected chi connectivity index (χ3v) is 4.86. The molecule has 0 aliphatic rings. The van der Waals surface area contributed by atoms with Crippen LogP contribution in [0.2, 0.25) is 0 Å². The van der Waals surface area contributed by atoms with E-state index in [1.165, 1.54) is 16.8 Å². The molecule has 2 N–H and O–H groups in total. The van der Waals surface area contributed by atoms with E-state index in [-0.39, 0.29) is 17.3 Å². The maximum atomic E-state index is 14.5. The van der Waals surface area contributed by atoms with Crippen molar-refractivity contribution >= 4 is 16.7 Å². The second-order valence-corrected chi connectivity index (χ2v) is 6.62. The quantitative estimate of drug-likeness (QED) is 0.681. The molecule has 0 saturated heterocycles. The van der Waals surface area contributed by atoms with Crippen LogP contribution in [0.25, 0.3) is 10.8 Å². The summed E-state index contributed by atoms with van der Waals surface area (Å²) in [6.45, 7) is 5.97. The largest absolute Gasteiger partial charge is 0.345 e. The molecule has 3 rings (SSSR count). The van der Waals surface area contributed by atoms with Crippen molar-refractivity contribution in [3.63, 3.8) is 0 Å². The average molecular weight is 381 g/mol. The molecule has 0 saturated carbocycles. The van der Waals surface area contributed by atoms with Crippen molar-refractivity contribution in [2.75, 3.05) is 12.0 Å². The van der Waals surface area contributed by atoms with Gasteiger partial charge in [-0.25, -0.2) is 9.07 Å².